The Morgan fingerprint density at radius 1 is 1.26 bits per heavy atom. The fraction of sp³-hybridized carbons (Fsp3) is 0.533. The maximum Gasteiger partial charge on any atom is 0.450 e. The van der Waals surface area contributed by atoms with Crippen molar-refractivity contribution in [1.29, 1.82) is 0 Å². The molecule has 0 bridgehead atoms. The van der Waals surface area contributed by atoms with E-state index in [1.807, 2.05) is 0 Å². The van der Waals surface area contributed by atoms with Crippen LogP contribution in [0.1, 0.15) is 31.4 Å². The molecule has 0 fully saturated rings. The number of hydrogen-bond donors (Lipinski definition) is 0. The molecule has 8 heteroatoms. The Balaban J connectivity index is 2.53. The van der Waals surface area contributed by atoms with Crippen molar-refractivity contribution in [1.82, 2.24) is 0 Å². The molecular weight excluding hydrogens is 333 g/mol. The fourth-order valence-corrected chi connectivity index (χ4v) is 3.28. The van der Waals surface area contributed by atoms with Crippen LogP contribution in [0.15, 0.2) is 17.0 Å². The van der Waals surface area contributed by atoms with E-state index in [4.69, 9.17) is 4.74 Å². The lowest BCUT2D eigenvalue weighted by molar-refractivity contribution is -0.172. The van der Waals surface area contributed by atoms with Gasteiger partial charge in [-0.2, -0.15) is 13.2 Å². The second kappa shape index (κ2) is 5.51. The molecule has 4 nitrogen and oxygen atoms in total. The zero-order valence-electron chi connectivity index (χ0n) is 13.0. The Bertz CT molecular complexity index is 749. The topological polar surface area (TPSA) is 60.4 Å². The SMILES string of the molecule is CC(C)(CC(=O)C(F)(F)F)c1cc(S(C)(=O)=O)cc2c1OCC2. The summed E-state index contributed by atoms with van der Waals surface area (Å²) in [6, 6.07) is 2.78. The van der Waals surface area contributed by atoms with Gasteiger partial charge in [-0.25, -0.2) is 8.42 Å². The lowest BCUT2D eigenvalue weighted by Crippen LogP contribution is -2.31. The van der Waals surface area contributed by atoms with Crippen molar-refractivity contribution >= 4 is 15.6 Å². The number of alkyl halides is 3. The highest BCUT2D eigenvalue weighted by atomic mass is 32.2. The number of rotatable bonds is 4. The summed E-state index contributed by atoms with van der Waals surface area (Å²) in [6.07, 6.45) is -4.19. The van der Waals surface area contributed by atoms with Crippen LogP contribution in [-0.4, -0.2) is 33.2 Å². The predicted molar refractivity (Wildman–Crippen MR) is 77.5 cm³/mol. The van der Waals surface area contributed by atoms with E-state index < -0.39 is 33.6 Å². The number of halogens is 3. The molecule has 0 unspecified atom stereocenters. The summed E-state index contributed by atoms with van der Waals surface area (Å²) in [5.74, 6) is -1.46. The zero-order valence-corrected chi connectivity index (χ0v) is 13.8. The van der Waals surface area contributed by atoms with Crippen LogP contribution in [0.2, 0.25) is 0 Å². The number of ether oxygens (including phenoxy) is 1. The van der Waals surface area contributed by atoms with E-state index in [-0.39, 0.29) is 4.90 Å². The van der Waals surface area contributed by atoms with Crippen molar-refractivity contribution in [2.45, 2.75) is 43.2 Å². The lowest BCUT2D eigenvalue weighted by Gasteiger charge is -2.27. The highest BCUT2D eigenvalue weighted by molar-refractivity contribution is 7.90. The highest BCUT2D eigenvalue weighted by Crippen LogP contribution is 2.42. The molecule has 0 aromatic heterocycles. The largest absolute Gasteiger partial charge is 0.493 e. The third kappa shape index (κ3) is 3.68. The molecule has 0 amide bonds. The van der Waals surface area contributed by atoms with E-state index in [0.29, 0.717) is 29.9 Å². The third-order valence-electron chi connectivity index (χ3n) is 3.83. The number of carbonyl (C=O) groups excluding carboxylic acids is 1. The van der Waals surface area contributed by atoms with Gasteiger partial charge in [0.2, 0.25) is 5.78 Å². The summed E-state index contributed by atoms with van der Waals surface area (Å²) in [4.78, 5) is 11.4. The van der Waals surface area contributed by atoms with Crippen molar-refractivity contribution in [3.63, 3.8) is 0 Å². The van der Waals surface area contributed by atoms with Crippen LogP contribution in [0.5, 0.6) is 5.75 Å². The minimum atomic E-state index is -4.92. The molecule has 0 saturated carbocycles. The Morgan fingerprint density at radius 3 is 2.39 bits per heavy atom. The van der Waals surface area contributed by atoms with Gasteiger partial charge in [-0.1, -0.05) is 13.8 Å². The summed E-state index contributed by atoms with van der Waals surface area (Å²) >= 11 is 0. The molecule has 0 saturated heterocycles. The minimum Gasteiger partial charge on any atom is -0.493 e. The van der Waals surface area contributed by atoms with Crippen molar-refractivity contribution in [2.24, 2.45) is 0 Å². The minimum absolute atomic E-state index is 0.0179. The molecule has 0 N–H and O–H groups in total. The van der Waals surface area contributed by atoms with Crippen LogP contribution in [0, 0.1) is 0 Å². The van der Waals surface area contributed by atoms with Gasteiger partial charge in [0.1, 0.15) is 5.75 Å². The second-order valence-electron chi connectivity index (χ2n) is 6.31. The molecular formula is C15H17F3O4S. The predicted octanol–water partition coefficient (Wildman–Crippen LogP) is 2.82. The van der Waals surface area contributed by atoms with Crippen molar-refractivity contribution in [3.8, 4) is 5.75 Å². The van der Waals surface area contributed by atoms with Gasteiger partial charge >= 0.3 is 6.18 Å². The Kier molecular flexibility index (Phi) is 4.26. The summed E-state index contributed by atoms with van der Waals surface area (Å²) < 4.78 is 66.8. The molecule has 1 aromatic rings. The van der Waals surface area contributed by atoms with Gasteiger partial charge in [0.15, 0.2) is 9.84 Å². The number of Topliss-reactive ketones (excluding diaryl/α,β-unsaturated/α-hetero) is 1. The maximum atomic E-state index is 12.6. The first-order valence-electron chi connectivity index (χ1n) is 6.92. The number of fused-ring (bicyclic) bond motifs is 1. The molecule has 1 aliphatic heterocycles. The Hall–Kier alpha value is -1.57. The summed E-state index contributed by atoms with van der Waals surface area (Å²) in [5.41, 5.74) is -0.261. The molecule has 2 rings (SSSR count). The maximum absolute atomic E-state index is 12.6. The molecule has 128 valence electrons. The van der Waals surface area contributed by atoms with E-state index in [0.717, 1.165) is 6.26 Å². The average Bonchev–Trinajstić information content (AvgIpc) is 2.82. The van der Waals surface area contributed by atoms with Gasteiger partial charge in [0, 0.05) is 30.1 Å². The lowest BCUT2D eigenvalue weighted by atomic mass is 9.79. The van der Waals surface area contributed by atoms with Gasteiger partial charge in [0.05, 0.1) is 11.5 Å². The van der Waals surface area contributed by atoms with Gasteiger partial charge in [-0.3, -0.25) is 4.79 Å². The second-order valence-corrected chi connectivity index (χ2v) is 8.33. The standard InChI is InChI=1S/C15H17F3O4S/c1-14(2,8-12(19)15(16,17)18)11-7-10(23(3,20)21)6-9-4-5-22-13(9)11/h6-7H,4-5,8H2,1-3H3. The first-order chi connectivity index (χ1) is 10.3. The van der Waals surface area contributed by atoms with E-state index in [1.54, 1.807) is 0 Å². The van der Waals surface area contributed by atoms with Gasteiger partial charge in [-0.15, -0.1) is 0 Å². The average molecular weight is 350 g/mol. The normalized spacial score (nSPS) is 15.2. The van der Waals surface area contributed by atoms with Crippen molar-refractivity contribution in [3.05, 3.63) is 23.3 Å². The van der Waals surface area contributed by atoms with Gasteiger partial charge in [0.25, 0.3) is 0 Å². The number of benzene rings is 1. The van der Waals surface area contributed by atoms with Crippen LogP contribution < -0.4 is 4.74 Å². The molecule has 23 heavy (non-hydrogen) atoms. The summed E-state index contributed by atoms with van der Waals surface area (Å²) in [7, 11) is -3.53. The van der Waals surface area contributed by atoms with Gasteiger partial charge < -0.3 is 4.74 Å². The molecule has 1 heterocycles. The number of hydrogen-bond acceptors (Lipinski definition) is 4. The highest BCUT2D eigenvalue weighted by Gasteiger charge is 2.43. The molecule has 1 aliphatic rings. The fourth-order valence-electron chi connectivity index (χ4n) is 2.59. The Labute approximate surface area is 132 Å². The van der Waals surface area contributed by atoms with Crippen LogP contribution in [-0.2, 0) is 26.5 Å². The summed E-state index contributed by atoms with van der Waals surface area (Å²) in [5, 5.41) is 0. The van der Waals surface area contributed by atoms with Crippen molar-refractivity contribution in [2.75, 3.05) is 12.9 Å². The number of sulfone groups is 1. The molecule has 0 atom stereocenters. The number of carbonyl (C=O) groups is 1. The molecule has 0 radical (unpaired) electrons. The molecule has 0 spiro atoms. The quantitative estimate of drug-likeness (QED) is 0.838. The van der Waals surface area contributed by atoms with Crippen LogP contribution in [0.3, 0.4) is 0 Å². The number of ketones is 1. The first-order valence-corrected chi connectivity index (χ1v) is 8.82. The smallest absolute Gasteiger partial charge is 0.450 e. The monoisotopic (exact) mass is 350 g/mol. The van der Waals surface area contributed by atoms with E-state index >= 15 is 0 Å². The van der Waals surface area contributed by atoms with Crippen LogP contribution in [0.4, 0.5) is 13.2 Å². The third-order valence-corrected chi connectivity index (χ3v) is 4.93. The first kappa shape index (κ1) is 17.8. The van der Waals surface area contributed by atoms with Crippen LogP contribution >= 0.6 is 0 Å². The molecule has 1 aromatic carbocycles. The van der Waals surface area contributed by atoms with Crippen molar-refractivity contribution < 1.29 is 31.1 Å². The molecule has 0 aliphatic carbocycles. The van der Waals surface area contributed by atoms with E-state index in [1.165, 1.54) is 26.0 Å². The summed E-state index contributed by atoms with van der Waals surface area (Å²) in [6.45, 7) is 3.28. The van der Waals surface area contributed by atoms with E-state index in [2.05, 4.69) is 0 Å². The zero-order chi connectivity index (χ0) is 17.6. The Morgan fingerprint density at radius 2 is 1.87 bits per heavy atom. The van der Waals surface area contributed by atoms with Crippen LogP contribution in [0.25, 0.3) is 0 Å². The van der Waals surface area contributed by atoms with E-state index in [9.17, 15) is 26.4 Å². The van der Waals surface area contributed by atoms with Gasteiger partial charge in [-0.05, 0) is 17.7 Å².